The highest BCUT2D eigenvalue weighted by Gasteiger charge is 2.46. The molecule has 0 saturated carbocycles. The first-order valence-electron chi connectivity index (χ1n) is 10.4. The van der Waals surface area contributed by atoms with Crippen molar-refractivity contribution in [2.24, 2.45) is 0 Å². The van der Waals surface area contributed by atoms with Gasteiger partial charge in [-0.25, -0.2) is 9.37 Å². The molecule has 1 aliphatic rings. The topological polar surface area (TPSA) is 70.5 Å². The molecule has 3 heterocycles. The molecule has 1 N–H and O–H groups in total. The molecule has 5 nitrogen and oxygen atoms in total. The van der Waals surface area contributed by atoms with Crippen LogP contribution in [0.3, 0.4) is 0 Å². The average molecular weight is 479 g/mol. The molecule has 2 aromatic heterocycles. The van der Waals surface area contributed by atoms with Crippen molar-refractivity contribution < 1.29 is 19.1 Å². The minimum atomic E-state index is -0.848. The number of aromatic nitrogens is 1. The molecule has 5 rings (SSSR count). The minimum Gasteiger partial charge on any atom is -0.503 e. The smallest absolute Gasteiger partial charge is 0.296 e. The second-order valence-corrected chi connectivity index (χ2v) is 10.0. The van der Waals surface area contributed by atoms with E-state index in [1.54, 1.807) is 23.6 Å². The standard InChI is InChI=1S/C25H19FN2O3S2/c1-13(2)14-5-7-15(8-6-14)21-20(22(29)18-4-3-11-32-18)23(30)24(31)28(21)25-27-17-10-9-16(26)12-19(17)33-25/h3-13,21,30H,1-2H3/t21-/m1/s1. The molecule has 33 heavy (non-hydrogen) atoms. The van der Waals surface area contributed by atoms with Gasteiger partial charge in [-0.1, -0.05) is 55.5 Å². The largest absolute Gasteiger partial charge is 0.503 e. The molecule has 0 radical (unpaired) electrons. The fraction of sp³-hybridized carbons (Fsp3) is 0.160. The third-order valence-electron chi connectivity index (χ3n) is 5.66. The van der Waals surface area contributed by atoms with Gasteiger partial charge in [0.1, 0.15) is 5.82 Å². The Morgan fingerprint density at radius 2 is 1.91 bits per heavy atom. The molecule has 0 saturated heterocycles. The summed E-state index contributed by atoms with van der Waals surface area (Å²) in [5, 5.41) is 12.9. The van der Waals surface area contributed by atoms with Gasteiger partial charge in [0.25, 0.3) is 5.91 Å². The number of carbonyl (C=O) groups excluding carboxylic acids is 2. The number of rotatable bonds is 5. The van der Waals surface area contributed by atoms with Crippen molar-refractivity contribution in [2.45, 2.75) is 25.8 Å². The normalized spacial score (nSPS) is 16.4. The van der Waals surface area contributed by atoms with Gasteiger partial charge in [-0.2, -0.15) is 0 Å². The first-order chi connectivity index (χ1) is 15.8. The number of nitrogens with zero attached hydrogens (tertiary/aromatic N) is 2. The number of fused-ring (bicyclic) bond motifs is 1. The van der Waals surface area contributed by atoms with E-state index in [0.717, 1.165) is 16.9 Å². The summed E-state index contributed by atoms with van der Waals surface area (Å²) in [7, 11) is 0. The summed E-state index contributed by atoms with van der Waals surface area (Å²) in [6.45, 7) is 4.16. The van der Waals surface area contributed by atoms with Crippen LogP contribution in [0.2, 0.25) is 0 Å². The highest BCUT2D eigenvalue weighted by Crippen LogP contribution is 2.44. The van der Waals surface area contributed by atoms with Gasteiger partial charge >= 0.3 is 0 Å². The fourth-order valence-electron chi connectivity index (χ4n) is 3.94. The summed E-state index contributed by atoms with van der Waals surface area (Å²) in [4.78, 5) is 32.9. The van der Waals surface area contributed by atoms with Gasteiger partial charge < -0.3 is 5.11 Å². The molecule has 0 fully saturated rings. The van der Waals surface area contributed by atoms with E-state index in [9.17, 15) is 19.1 Å². The predicted molar refractivity (Wildman–Crippen MR) is 129 cm³/mol. The Kier molecular flexibility index (Phi) is 5.34. The number of ketones is 1. The van der Waals surface area contributed by atoms with E-state index in [0.29, 0.717) is 31.7 Å². The Labute approximate surface area is 197 Å². The van der Waals surface area contributed by atoms with Crippen molar-refractivity contribution in [3.05, 3.63) is 93.1 Å². The summed E-state index contributed by atoms with van der Waals surface area (Å²) >= 11 is 2.39. The van der Waals surface area contributed by atoms with Gasteiger partial charge in [0.2, 0.25) is 5.78 Å². The number of Topliss-reactive ketones (excluding diaryl/α,β-unsaturated/α-hetero) is 1. The van der Waals surface area contributed by atoms with Crippen LogP contribution in [0.4, 0.5) is 9.52 Å². The highest BCUT2D eigenvalue weighted by molar-refractivity contribution is 7.22. The molecule has 1 amide bonds. The van der Waals surface area contributed by atoms with Crippen molar-refractivity contribution in [1.29, 1.82) is 0 Å². The van der Waals surface area contributed by atoms with Crippen LogP contribution in [-0.4, -0.2) is 21.8 Å². The molecule has 166 valence electrons. The van der Waals surface area contributed by atoms with E-state index >= 15 is 0 Å². The van der Waals surface area contributed by atoms with Crippen LogP contribution in [0.5, 0.6) is 0 Å². The van der Waals surface area contributed by atoms with E-state index in [1.165, 1.54) is 28.4 Å². The zero-order valence-electron chi connectivity index (χ0n) is 17.8. The molecule has 1 aliphatic heterocycles. The Morgan fingerprint density at radius 1 is 1.15 bits per heavy atom. The van der Waals surface area contributed by atoms with Crippen LogP contribution in [0.15, 0.2) is 71.3 Å². The van der Waals surface area contributed by atoms with Gasteiger partial charge in [0.15, 0.2) is 10.9 Å². The maximum absolute atomic E-state index is 13.7. The zero-order valence-corrected chi connectivity index (χ0v) is 19.4. The molecule has 8 heteroatoms. The lowest BCUT2D eigenvalue weighted by atomic mass is 9.93. The van der Waals surface area contributed by atoms with Gasteiger partial charge in [-0.05, 0) is 46.7 Å². The quantitative estimate of drug-likeness (QED) is 0.337. The molecular formula is C25H19FN2O3S2. The first-order valence-corrected chi connectivity index (χ1v) is 12.1. The Morgan fingerprint density at radius 3 is 2.58 bits per heavy atom. The van der Waals surface area contributed by atoms with Crippen LogP contribution in [0, 0.1) is 5.82 Å². The Bertz CT molecular complexity index is 1410. The summed E-state index contributed by atoms with van der Waals surface area (Å²) in [6, 6.07) is 14.4. The number of carbonyl (C=O) groups is 2. The predicted octanol–water partition coefficient (Wildman–Crippen LogP) is 6.40. The van der Waals surface area contributed by atoms with Crippen LogP contribution in [0.1, 0.15) is 46.6 Å². The summed E-state index contributed by atoms with van der Waals surface area (Å²) < 4.78 is 14.3. The third-order valence-corrected chi connectivity index (χ3v) is 7.55. The molecule has 0 bridgehead atoms. The van der Waals surface area contributed by atoms with Crippen LogP contribution in [-0.2, 0) is 4.79 Å². The van der Waals surface area contributed by atoms with Crippen molar-refractivity contribution in [2.75, 3.05) is 4.90 Å². The van der Waals surface area contributed by atoms with Crippen molar-refractivity contribution in [3.63, 3.8) is 0 Å². The summed E-state index contributed by atoms with van der Waals surface area (Å²) in [5.41, 5.74) is 2.35. The lowest BCUT2D eigenvalue weighted by Gasteiger charge is -2.24. The summed E-state index contributed by atoms with van der Waals surface area (Å²) in [6.07, 6.45) is 0. The van der Waals surface area contributed by atoms with E-state index < -0.39 is 29.3 Å². The number of aliphatic hydroxyl groups excluding tert-OH is 1. The average Bonchev–Trinajstić information content (AvgIpc) is 3.52. The first kappa shape index (κ1) is 21.5. The number of benzene rings is 2. The van der Waals surface area contributed by atoms with Gasteiger partial charge in [-0.3, -0.25) is 14.5 Å². The SMILES string of the molecule is CC(C)c1ccc([C@@H]2C(C(=O)c3cccs3)=C(O)C(=O)N2c2nc3ccc(F)cc3s2)cc1. The second kappa shape index (κ2) is 8.20. The van der Waals surface area contributed by atoms with Crippen LogP contribution < -0.4 is 4.90 Å². The number of thiophene rings is 1. The van der Waals surface area contributed by atoms with E-state index in [-0.39, 0.29) is 5.57 Å². The van der Waals surface area contributed by atoms with Gasteiger partial charge in [0.05, 0.1) is 26.7 Å². The molecule has 0 unspecified atom stereocenters. The van der Waals surface area contributed by atoms with Crippen molar-refractivity contribution >= 4 is 49.7 Å². The number of hydrogen-bond acceptors (Lipinski definition) is 6. The maximum atomic E-state index is 13.7. The Balaban J connectivity index is 1.67. The number of hydrogen-bond donors (Lipinski definition) is 1. The van der Waals surface area contributed by atoms with Crippen LogP contribution >= 0.6 is 22.7 Å². The number of amides is 1. The molecule has 1 atom stereocenters. The molecular weight excluding hydrogens is 459 g/mol. The summed E-state index contributed by atoms with van der Waals surface area (Å²) in [5.74, 6) is -1.77. The number of anilines is 1. The number of aliphatic hydroxyl groups is 1. The number of thiazole rings is 1. The zero-order chi connectivity index (χ0) is 23.3. The monoisotopic (exact) mass is 478 g/mol. The Hall–Kier alpha value is -3.36. The third kappa shape index (κ3) is 3.65. The van der Waals surface area contributed by atoms with E-state index in [1.807, 2.05) is 24.3 Å². The van der Waals surface area contributed by atoms with Gasteiger partial charge in [0, 0.05) is 0 Å². The molecule has 0 spiro atoms. The van der Waals surface area contributed by atoms with Gasteiger partial charge in [-0.15, -0.1) is 11.3 Å². The lowest BCUT2D eigenvalue weighted by Crippen LogP contribution is -2.30. The van der Waals surface area contributed by atoms with Crippen molar-refractivity contribution in [3.8, 4) is 0 Å². The fourth-order valence-corrected chi connectivity index (χ4v) is 5.64. The highest BCUT2D eigenvalue weighted by atomic mass is 32.1. The van der Waals surface area contributed by atoms with E-state index in [4.69, 9.17) is 0 Å². The second-order valence-electron chi connectivity index (χ2n) is 8.08. The van der Waals surface area contributed by atoms with Crippen molar-refractivity contribution in [1.82, 2.24) is 4.98 Å². The maximum Gasteiger partial charge on any atom is 0.296 e. The number of halogens is 1. The molecule has 0 aliphatic carbocycles. The molecule has 2 aromatic carbocycles. The van der Waals surface area contributed by atoms with E-state index in [2.05, 4.69) is 18.8 Å². The lowest BCUT2D eigenvalue weighted by molar-refractivity contribution is -0.117. The van der Waals surface area contributed by atoms with Crippen LogP contribution in [0.25, 0.3) is 10.2 Å². The minimum absolute atomic E-state index is 0.0187. The molecule has 4 aromatic rings.